The molecule has 0 unspecified atom stereocenters. The highest BCUT2D eigenvalue weighted by molar-refractivity contribution is 5.76. The lowest BCUT2D eigenvalue weighted by Crippen LogP contribution is -1.74. The van der Waals surface area contributed by atoms with E-state index in [1.165, 1.54) is 12.2 Å². The number of hydrogen-bond acceptors (Lipinski definition) is 2. The Morgan fingerprint density at radius 1 is 1.40 bits per heavy atom. The molecule has 2 heteroatoms. The molecule has 0 aromatic heterocycles. The molecule has 0 fully saturated rings. The molecule has 0 amide bonds. The molecule has 50 valence electrons. The minimum Gasteiger partial charge on any atom is -0.298 e. The highest BCUT2D eigenvalue weighted by Gasteiger charge is 1.83. The molecule has 0 rings (SSSR count). The largest absolute Gasteiger partial charge is 0.298 e. The van der Waals surface area contributed by atoms with Crippen LogP contribution in [0.3, 0.4) is 0 Å². The van der Waals surface area contributed by atoms with E-state index < -0.39 is 0 Å². The van der Waals surface area contributed by atoms with Crippen LogP contribution in [0.1, 0.15) is 0 Å². The number of nitriles is 1. The summed E-state index contributed by atoms with van der Waals surface area (Å²) in [5, 5.41) is 8.20. The highest BCUT2D eigenvalue weighted by atomic mass is 16.1. The molecule has 0 radical (unpaired) electrons. The first-order valence-electron chi connectivity index (χ1n) is 2.62. The Labute approximate surface area is 59.8 Å². The van der Waals surface area contributed by atoms with Crippen molar-refractivity contribution in [3.8, 4) is 6.07 Å². The van der Waals surface area contributed by atoms with Crippen LogP contribution in [0, 0.1) is 11.3 Å². The van der Waals surface area contributed by atoms with Crippen molar-refractivity contribution in [2.45, 2.75) is 0 Å². The molecule has 2 nitrogen and oxygen atoms in total. The quantitative estimate of drug-likeness (QED) is 0.252. The molecule has 10 heavy (non-hydrogen) atoms. The normalized spacial score (nSPS) is 8.70. The molecule has 0 N–H and O–H groups in total. The van der Waals surface area contributed by atoms with E-state index in [1.807, 2.05) is 0 Å². The number of carbonyl (C=O) groups is 1. The summed E-state index contributed by atoms with van der Waals surface area (Å²) >= 11 is 0. The summed E-state index contributed by atoms with van der Waals surface area (Å²) in [6.45, 7) is 6.75. The van der Waals surface area contributed by atoms with Gasteiger partial charge in [0.15, 0.2) is 0 Å². The predicted octanol–water partition coefficient (Wildman–Crippen LogP) is 1.38. The molecule has 0 atom stereocenters. The SMILES string of the molecule is C=C(C#N)/C=C\C(=C)C=O. The summed E-state index contributed by atoms with van der Waals surface area (Å²) < 4.78 is 0. The molecular formula is C8H7NO. The molecule has 0 aliphatic heterocycles. The van der Waals surface area contributed by atoms with Gasteiger partial charge in [-0.05, 0) is 6.08 Å². The van der Waals surface area contributed by atoms with Crippen LogP contribution < -0.4 is 0 Å². The summed E-state index contributed by atoms with van der Waals surface area (Å²) in [7, 11) is 0. The van der Waals surface area contributed by atoms with Crippen LogP contribution in [0.4, 0.5) is 0 Å². The van der Waals surface area contributed by atoms with Gasteiger partial charge in [-0.15, -0.1) is 0 Å². The highest BCUT2D eigenvalue weighted by Crippen LogP contribution is 1.93. The zero-order valence-corrected chi connectivity index (χ0v) is 5.50. The minimum atomic E-state index is 0.308. The molecule has 0 saturated carbocycles. The number of allylic oxidation sites excluding steroid dienone is 4. The number of rotatable bonds is 3. The summed E-state index contributed by atoms with van der Waals surface area (Å²) in [4.78, 5) is 9.94. The van der Waals surface area contributed by atoms with E-state index in [0.29, 0.717) is 17.4 Å². The van der Waals surface area contributed by atoms with Gasteiger partial charge in [0.2, 0.25) is 0 Å². The van der Waals surface area contributed by atoms with Crippen LogP contribution in [0.5, 0.6) is 0 Å². The van der Waals surface area contributed by atoms with Crippen LogP contribution in [0.2, 0.25) is 0 Å². The zero-order valence-electron chi connectivity index (χ0n) is 5.50. The Balaban J connectivity index is 4.03. The van der Waals surface area contributed by atoms with E-state index in [2.05, 4.69) is 13.2 Å². The molecule has 0 aliphatic carbocycles. The van der Waals surface area contributed by atoms with Crippen LogP contribution in [-0.2, 0) is 4.79 Å². The van der Waals surface area contributed by atoms with Crippen molar-refractivity contribution < 1.29 is 4.79 Å². The van der Waals surface area contributed by atoms with Gasteiger partial charge in [-0.1, -0.05) is 19.2 Å². The first kappa shape index (κ1) is 8.38. The Morgan fingerprint density at radius 3 is 2.40 bits per heavy atom. The topological polar surface area (TPSA) is 40.9 Å². The molecule has 0 aromatic carbocycles. The van der Waals surface area contributed by atoms with Gasteiger partial charge in [-0.3, -0.25) is 4.79 Å². The van der Waals surface area contributed by atoms with E-state index >= 15 is 0 Å². The lowest BCUT2D eigenvalue weighted by Gasteiger charge is -1.81. The fourth-order valence-electron chi connectivity index (χ4n) is 0.284. The first-order valence-corrected chi connectivity index (χ1v) is 2.62. The summed E-state index contributed by atoms with van der Waals surface area (Å²) in [6, 6.07) is 1.81. The third-order valence-electron chi connectivity index (χ3n) is 0.794. The smallest absolute Gasteiger partial charge is 0.149 e. The lowest BCUT2D eigenvalue weighted by molar-refractivity contribution is -0.104. The van der Waals surface area contributed by atoms with E-state index in [-0.39, 0.29) is 0 Å². The molecule has 0 bridgehead atoms. The van der Waals surface area contributed by atoms with Crippen molar-refractivity contribution in [3.05, 3.63) is 36.5 Å². The van der Waals surface area contributed by atoms with Gasteiger partial charge in [-0.25, -0.2) is 0 Å². The Morgan fingerprint density at radius 2 is 2.00 bits per heavy atom. The van der Waals surface area contributed by atoms with Crippen LogP contribution >= 0.6 is 0 Å². The van der Waals surface area contributed by atoms with Gasteiger partial charge in [0.25, 0.3) is 0 Å². The molecule has 0 heterocycles. The first-order chi connectivity index (χ1) is 4.70. The van der Waals surface area contributed by atoms with Crippen molar-refractivity contribution in [2.75, 3.05) is 0 Å². The monoisotopic (exact) mass is 133 g/mol. The standard InChI is InChI=1S/C8H7NO/c1-7(5-9)3-4-8(2)6-10/h3-4,6H,1-2H2/b4-3-. The fraction of sp³-hybridized carbons (Fsp3) is 0. The van der Waals surface area contributed by atoms with Crippen molar-refractivity contribution in [3.63, 3.8) is 0 Å². The maximum absolute atomic E-state index is 9.94. The minimum absolute atomic E-state index is 0.308. The Hall–Kier alpha value is -1.62. The van der Waals surface area contributed by atoms with Crippen LogP contribution in [0.25, 0.3) is 0 Å². The zero-order chi connectivity index (χ0) is 7.98. The summed E-state index contributed by atoms with van der Waals surface area (Å²) in [6.07, 6.45) is 3.50. The van der Waals surface area contributed by atoms with E-state index in [9.17, 15) is 4.79 Å². The lowest BCUT2D eigenvalue weighted by atomic mass is 10.2. The van der Waals surface area contributed by atoms with E-state index in [1.54, 1.807) is 6.07 Å². The van der Waals surface area contributed by atoms with Gasteiger partial charge in [0, 0.05) is 11.1 Å². The van der Waals surface area contributed by atoms with Gasteiger partial charge in [0.05, 0.1) is 6.07 Å². The Kier molecular flexibility index (Phi) is 3.58. The predicted molar refractivity (Wildman–Crippen MR) is 39.1 cm³/mol. The van der Waals surface area contributed by atoms with Gasteiger partial charge >= 0.3 is 0 Å². The third kappa shape index (κ3) is 3.39. The van der Waals surface area contributed by atoms with Crippen molar-refractivity contribution in [1.82, 2.24) is 0 Å². The molecule has 0 saturated heterocycles. The molecule has 0 spiro atoms. The average Bonchev–Trinajstić information content (AvgIpc) is 1.99. The number of hydrogen-bond donors (Lipinski definition) is 0. The van der Waals surface area contributed by atoms with Crippen LogP contribution in [0.15, 0.2) is 36.5 Å². The maximum atomic E-state index is 9.94. The van der Waals surface area contributed by atoms with Crippen molar-refractivity contribution in [1.29, 1.82) is 5.26 Å². The Bertz CT molecular complexity index is 230. The number of carbonyl (C=O) groups excluding carboxylic acids is 1. The number of nitrogens with zero attached hydrogens (tertiary/aromatic N) is 1. The second-order valence-corrected chi connectivity index (χ2v) is 1.66. The van der Waals surface area contributed by atoms with Crippen molar-refractivity contribution in [2.24, 2.45) is 0 Å². The van der Waals surface area contributed by atoms with Crippen molar-refractivity contribution >= 4 is 6.29 Å². The second kappa shape index (κ2) is 4.28. The van der Waals surface area contributed by atoms with Gasteiger partial charge < -0.3 is 0 Å². The molecular weight excluding hydrogens is 126 g/mol. The van der Waals surface area contributed by atoms with Gasteiger partial charge in [-0.2, -0.15) is 5.26 Å². The number of aldehydes is 1. The summed E-state index contributed by atoms with van der Waals surface area (Å²) in [5.41, 5.74) is 0.638. The summed E-state index contributed by atoms with van der Waals surface area (Å²) in [5.74, 6) is 0. The maximum Gasteiger partial charge on any atom is 0.149 e. The van der Waals surface area contributed by atoms with Gasteiger partial charge in [0.1, 0.15) is 6.29 Å². The van der Waals surface area contributed by atoms with E-state index in [4.69, 9.17) is 5.26 Å². The molecule has 0 aromatic rings. The third-order valence-corrected chi connectivity index (χ3v) is 0.794. The fourth-order valence-corrected chi connectivity index (χ4v) is 0.284. The molecule has 0 aliphatic rings. The second-order valence-electron chi connectivity index (χ2n) is 1.66. The van der Waals surface area contributed by atoms with Crippen LogP contribution in [-0.4, -0.2) is 6.29 Å². The van der Waals surface area contributed by atoms with E-state index in [0.717, 1.165) is 0 Å². The average molecular weight is 133 g/mol.